The van der Waals surface area contributed by atoms with E-state index >= 15 is 0 Å². The molecule has 0 spiro atoms. The molecule has 0 saturated carbocycles. The molecule has 35 heavy (non-hydrogen) atoms. The molecule has 13 nitrogen and oxygen atoms in total. The van der Waals surface area contributed by atoms with E-state index in [2.05, 4.69) is 10.2 Å². The number of hydrogen-bond acceptors (Lipinski definition) is 8. The molecule has 0 fully saturated rings. The second-order valence-corrected chi connectivity index (χ2v) is 7.95. The van der Waals surface area contributed by atoms with Gasteiger partial charge in [0.25, 0.3) is 15.8 Å². The van der Waals surface area contributed by atoms with Gasteiger partial charge in [-0.1, -0.05) is 30.3 Å². The zero-order valence-corrected chi connectivity index (χ0v) is 19.5. The average molecular weight is 545 g/mol. The summed E-state index contributed by atoms with van der Waals surface area (Å²) in [6.07, 6.45) is 0. The van der Waals surface area contributed by atoms with E-state index in [-0.39, 0.29) is 61.7 Å². The minimum atomic E-state index is -4.81. The second kappa shape index (κ2) is 11.6. The summed E-state index contributed by atoms with van der Waals surface area (Å²) in [5, 5.41) is 40.8. The van der Waals surface area contributed by atoms with E-state index in [0.29, 0.717) is 5.39 Å². The van der Waals surface area contributed by atoms with E-state index < -0.39 is 31.4 Å². The molecule has 186 valence electrons. The van der Waals surface area contributed by atoms with Crippen molar-refractivity contribution >= 4 is 48.7 Å². The maximum absolute atomic E-state index is 11.7. The van der Waals surface area contributed by atoms with Crippen molar-refractivity contribution in [1.29, 1.82) is 0 Å². The fraction of sp³-hybridized carbons (Fsp3) is 0. The van der Waals surface area contributed by atoms with Crippen LogP contribution in [0, 0.1) is 10.1 Å². The number of non-ortho nitro benzene ring substituents is 1. The number of benzene rings is 4. The Balaban J connectivity index is 0.00000289. The summed E-state index contributed by atoms with van der Waals surface area (Å²) >= 11 is 0. The van der Waals surface area contributed by atoms with Gasteiger partial charge in [0.15, 0.2) is 0 Å². The average Bonchev–Trinajstić information content (AvgIpc) is 2.72. The van der Waals surface area contributed by atoms with Gasteiger partial charge in [0.05, 0.1) is 4.92 Å². The number of azo groups is 1. The van der Waals surface area contributed by atoms with E-state index in [1.165, 1.54) is 12.1 Å². The number of aromatic hydroxyl groups is 2. The van der Waals surface area contributed by atoms with Gasteiger partial charge in [0.1, 0.15) is 27.8 Å². The van der Waals surface area contributed by atoms with E-state index in [4.69, 9.17) is 0 Å². The normalized spacial score (nSPS) is 10.7. The van der Waals surface area contributed by atoms with Crippen LogP contribution in [0.25, 0.3) is 21.5 Å². The maximum Gasteiger partial charge on any atom is 0.295 e. The van der Waals surface area contributed by atoms with Crippen molar-refractivity contribution in [3.8, 4) is 11.5 Å². The van der Waals surface area contributed by atoms with Crippen molar-refractivity contribution in [2.45, 2.75) is 4.90 Å². The van der Waals surface area contributed by atoms with Gasteiger partial charge in [-0.05, 0) is 17.5 Å². The molecule has 0 aliphatic rings. The van der Waals surface area contributed by atoms with Crippen LogP contribution in [0.3, 0.4) is 0 Å². The van der Waals surface area contributed by atoms with Crippen molar-refractivity contribution in [2.75, 3.05) is 0 Å². The van der Waals surface area contributed by atoms with Crippen LogP contribution in [-0.4, -0.2) is 44.5 Å². The van der Waals surface area contributed by atoms with Gasteiger partial charge in [-0.15, -0.1) is 10.2 Å². The summed E-state index contributed by atoms with van der Waals surface area (Å²) in [7, 11) is -4.81. The topological polar surface area (TPSA) is 257 Å². The number of nitro groups is 1. The van der Waals surface area contributed by atoms with Crippen LogP contribution in [0.1, 0.15) is 0 Å². The van der Waals surface area contributed by atoms with E-state index in [0.717, 1.165) is 23.6 Å². The summed E-state index contributed by atoms with van der Waals surface area (Å²) in [4.78, 5) is 9.67. The Morgan fingerprint density at radius 2 is 1.37 bits per heavy atom. The molecular formula is C20H19CrN3O10S. The molecule has 0 unspecified atom stereocenters. The molecule has 4 rings (SSSR count). The number of fused-ring (bicyclic) bond motifs is 2. The Morgan fingerprint density at radius 3 is 1.97 bits per heavy atom. The first-order valence-corrected chi connectivity index (χ1v) is 10.1. The van der Waals surface area contributed by atoms with Crippen LogP contribution < -0.4 is 0 Å². The number of nitro benzene ring substituents is 1. The van der Waals surface area contributed by atoms with E-state index in [1.54, 1.807) is 30.3 Å². The molecule has 0 heterocycles. The van der Waals surface area contributed by atoms with Crippen LogP contribution in [0.5, 0.6) is 11.5 Å². The maximum atomic E-state index is 11.7. The van der Waals surface area contributed by atoms with Gasteiger partial charge in [-0.3, -0.25) is 14.7 Å². The van der Waals surface area contributed by atoms with Crippen LogP contribution in [-0.2, 0) is 27.5 Å². The molecule has 15 heteroatoms. The van der Waals surface area contributed by atoms with Crippen molar-refractivity contribution in [3.05, 3.63) is 70.8 Å². The standard InChI is InChI=1S/C20H13N3O7S.Cr.3H2O/c24-16-8-5-11-3-1-2-4-13(11)19(16)21-22-20-14-7-6-12(23(26)27)9-15(14)18(10-17(20)25)31(28,29)30;;;;/h1-10,24-25H,(H,28,29,30);;3*1H2. The Kier molecular flexibility index (Phi) is 10.4. The number of phenols is 2. The van der Waals surface area contributed by atoms with Crippen LogP contribution in [0.15, 0.2) is 75.8 Å². The van der Waals surface area contributed by atoms with Gasteiger partial charge in [-0.25, -0.2) is 0 Å². The number of nitrogens with zero attached hydrogens (tertiary/aromatic N) is 3. The van der Waals surface area contributed by atoms with Crippen molar-refractivity contribution < 1.29 is 61.9 Å². The van der Waals surface area contributed by atoms with Gasteiger partial charge in [0.2, 0.25) is 0 Å². The SMILES string of the molecule is O.O.O.O=[N+]([O-])c1ccc2c(N=Nc3c(O)ccc4ccccc34)c(O)cc(S(=O)(=O)O)c2c1.[Cr]. The van der Waals surface area contributed by atoms with Crippen LogP contribution in [0.4, 0.5) is 17.1 Å². The zero-order valence-electron chi connectivity index (χ0n) is 17.4. The molecule has 0 atom stereocenters. The fourth-order valence-corrected chi connectivity index (χ4v) is 3.94. The number of phenolic OH excluding ortho intramolecular Hbond substituents is 2. The molecule has 4 aromatic carbocycles. The number of rotatable bonds is 4. The van der Waals surface area contributed by atoms with Gasteiger partial charge < -0.3 is 26.6 Å². The van der Waals surface area contributed by atoms with Gasteiger partial charge >= 0.3 is 0 Å². The molecule has 0 radical (unpaired) electrons. The Labute approximate surface area is 207 Å². The monoisotopic (exact) mass is 545 g/mol. The Hall–Kier alpha value is -3.68. The van der Waals surface area contributed by atoms with Crippen LogP contribution in [0.2, 0.25) is 0 Å². The van der Waals surface area contributed by atoms with Crippen LogP contribution >= 0.6 is 0 Å². The molecule has 4 aromatic rings. The zero-order chi connectivity index (χ0) is 22.3. The van der Waals surface area contributed by atoms with E-state index in [1.807, 2.05) is 0 Å². The molecule has 0 aliphatic heterocycles. The van der Waals surface area contributed by atoms with E-state index in [9.17, 15) is 33.3 Å². The molecule has 0 aliphatic carbocycles. The van der Waals surface area contributed by atoms with Crippen molar-refractivity contribution in [3.63, 3.8) is 0 Å². The molecule has 0 saturated heterocycles. The summed E-state index contributed by atoms with van der Waals surface area (Å²) in [6.45, 7) is 0. The third kappa shape index (κ3) is 5.88. The Morgan fingerprint density at radius 1 is 0.771 bits per heavy atom. The summed E-state index contributed by atoms with van der Waals surface area (Å²) in [5.41, 5.74) is -0.492. The molecule has 0 amide bonds. The van der Waals surface area contributed by atoms with Gasteiger partial charge in [-0.2, -0.15) is 8.42 Å². The number of hydrogen-bond donors (Lipinski definition) is 3. The first kappa shape index (κ1) is 31.3. The smallest absolute Gasteiger partial charge is 0.295 e. The first-order valence-electron chi connectivity index (χ1n) is 8.71. The van der Waals surface area contributed by atoms with Crippen molar-refractivity contribution in [1.82, 2.24) is 0 Å². The summed E-state index contributed by atoms with van der Waals surface area (Å²) in [6, 6.07) is 14.2. The second-order valence-electron chi connectivity index (χ2n) is 6.56. The summed E-state index contributed by atoms with van der Waals surface area (Å²) in [5.74, 6) is -0.797. The molecule has 0 bridgehead atoms. The third-order valence-electron chi connectivity index (χ3n) is 4.65. The molecule has 0 aromatic heterocycles. The first-order chi connectivity index (χ1) is 14.7. The Bertz CT molecular complexity index is 1530. The van der Waals surface area contributed by atoms with Crippen molar-refractivity contribution in [2.24, 2.45) is 10.2 Å². The predicted octanol–water partition coefficient (Wildman–Crippen LogP) is 2.50. The third-order valence-corrected chi connectivity index (χ3v) is 5.55. The van der Waals surface area contributed by atoms with Gasteiger partial charge in [0, 0.05) is 51.7 Å². The predicted molar refractivity (Wildman–Crippen MR) is 123 cm³/mol. The quantitative estimate of drug-likeness (QED) is 0.149. The summed E-state index contributed by atoms with van der Waals surface area (Å²) < 4.78 is 33.0. The fourth-order valence-electron chi connectivity index (χ4n) is 3.23. The minimum Gasteiger partial charge on any atom is -0.506 e. The molecule has 9 N–H and O–H groups in total. The molecular weight excluding hydrogens is 526 g/mol. The largest absolute Gasteiger partial charge is 0.506 e. The minimum absolute atomic E-state index is 0.